The lowest BCUT2D eigenvalue weighted by Gasteiger charge is -2.17. The average Bonchev–Trinajstić information content (AvgIpc) is 2.68. The van der Waals surface area contributed by atoms with Gasteiger partial charge in [0.2, 0.25) is 4.74 Å². The van der Waals surface area contributed by atoms with Crippen molar-refractivity contribution in [3.63, 3.8) is 0 Å². The van der Waals surface area contributed by atoms with E-state index in [1.54, 1.807) is 0 Å². The second kappa shape index (κ2) is 4.28. The van der Waals surface area contributed by atoms with Crippen molar-refractivity contribution in [3.8, 4) is 0 Å². The second-order valence-corrected chi connectivity index (χ2v) is 4.93. The van der Waals surface area contributed by atoms with Crippen LogP contribution in [0.4, 0.5) is 5.13 Å². The maximum absolute atomic E-state index is 11.8. The van der Waals surface area contributed by atoms with Gasteiger partial charge in [0.25, 0.3) is 0 Å². The highest BCUT2D eigenvalue weighted by molar-refractivity contribution is 7.18. The summed E-state index contributed by atoms with van der Waals surface area (Å²) in [5.74, 6) is 0. The summed E-state index contributed by atoms with van der Waals surface area (Å²) in [5.41, 5.74) is 0. The van der Waals surface area contributed by atoms with E-state index >= 15 is 0 Å². The van der Waals surface area contributed by atoms with Crippen molar-refractivity contribution in [2.45, 2.75) is 13.8 Å². The maximum atomic E-state index is 11.8. The van der Waals surface area contributed by atoms with Gasteiger partial charge in [0.1, 0.15) is 4.83 Å². The Morgan fingerprint density at radius 3 is 2.80 bits per heavy atom. The molecule has 15 heavy (non-hydrogen) atoms. The molecular formula is C10H12N2OS2. The molecule has 3 nitrogen and oxygen atoms in total. The van der Waals surface area contributed by atoms with Crippen LogP contribution >= 0.6 is 22.7 Å². The Kier molecular flexibility index (Phi) is 3.02. The standard InChI is InChI=1S/C10H12N2OS2/c1-3-12(4-2)10-11-8-7(5-6-14-8)9(13)15-10/h5-6H,3-4H2,1-2H3. The molecule has 0 saturated carbocycles. The van der Waals surface area contributed by atoms with Gasteiger partial charge in [0.05, 0.1) is 5.39 Å². The average molecular weight is 240 g/mol. The first kappa shape index (κ1) is 10.6. The summed E-state index contributed by atoms with van der Waals surface area (Å²) in [4.78, 5) is 19.2. The van der Waals surface area contributed by atoms with Crippen molar-refractivity contribution >= 4 is 38.0 Å². The van der Waals surface area contributed by atoms with Crippen LogP contribution in [0.2, 0.25) is 0 Å². The molecule has 0 N–H and O–H groups in total. The zero-order valence-electron chi connectivity index (χ0n) is 8.69. The summed E-state index contributed by atoms with van der Waals surface area (Å²) in [6.07, 6.45) is 0. The molecule has 0 bridgehead atoms. The van der Waals surface area contributed by atoms with E-state index in [2.05, 4.69) is 23.7 Å². The van der Waals surface area contributed by atoms with Crippen molar-refractivity contribution in [2.24, 2.45) is 0 Å². The predicted octanol–water partition coefficient (Wildman–Crippen LogP) is 2.56. The Balaban J connectivity index is 2.58. The summed E-state index contributed by atoms with van der Waals surface area (Å²) < 4.78 is 0.114. The molecule has 0 aromatic carbocycles. The minimum atomic E-state index is 0.114. The molecule has 0 atom stereocenters. The Hall–Kier alpha value is -0.940. The summed E-state index contributed by atoms with van der Waals surface area (Å²) in [5, 5.41) is 3.50. The molecule has 0 saturated heterocycles. The second-order valence-electron chi connectivity index (χ2n) is 3.10. The van der Waals surface area contributed by atoms with Crippen molar-refractivity contribution in [1.82, 2.24) is 4.98 Å². The van der Waals surface area contributed by atoms with E-state index in [0.717, 1.165) is 28.4 Å². The molecule has 0 radical (unpaired) electrons. The molecule has 2 rings (SSSR count). The van der Waals surface area contributed by atoms with Gasteiger partial charge >= 0.3 is 0 Å². The normalized spacial score (nSPS) is 10.8. The molecule has 5 heteroatoms. The number of thiophene rings is 1. The lowest BCUT2D eigenvalue weighted by Crippen LogP contribution is -2.22. The predicted molar refractivity (Wildman–Crippen MR) is 67.3 cm³/mol. The fourth-order valence-corrected chi connectivity index (χ4v) is 3.27. The van der Waals surface area contributed by atoms with Crippen LogP contribution in [0.5, 0.6) is 0 Å². The van der Waals surface area contributed by atoms with Crippen LogP contribution in [0.3, 0.4) is 0 Å². The van der Waals surface area contributed by atoms with Gasteiger partial charge in [0.15, 0.2) is 5.13 Å². The third-order valence-electron chi connectivity index (χ3n) is 2.28. The SMILES string of the molecule is CCN(CC)c1nc2sccc2c(=O)s1. The van der Waals surface area contributed by atoms with Gasteiger partial charge in [-0.15, -0.1) is 11.3 Å². The third kappa shape index (κ3) is 1.89. The zero-order valence-corrected chi connectivity index (χ0v) is 10.3. The van der Waals surface area contributed by atoms with Crippen LogP contribution in [0.25, 0.3) is 10.2 Å². The Labute approximate surface area is 96.0 Å². The molecular weight excluding hydrogens is 228 g/mol. The summed E-state index contributed by atoms with van der Waals surface area (Å²) in [6, 6.07) is 1.85. The largest absolute Gasteiger partial charge is 0.349 e. The van der Waals surface area contributed by atoms with Crippen molar-refractivity contribution in [3.05, 3.63) is 21.0 Å². The van der Waals surface area contributed by atoms with E-state index in [4.69, 9.17) is 0 Å². The number of rotatable bonds is 3. The fraction of sp³-hybridized carbons (Fsp3) is 0.400. The highest BCUT2D eigenvalue weighted by atomic mass is 32.1. The number of hydrogen-bond donors (Lipinski definition) is 0. The molecule has 2 aromatic rings. The minimum Gasteiger partial charge on any atom is -0.349 e. The maximum Gasteiger partial charge on any atom is 0.245 e. The number of nitrogens with zero attached hydrogens (tertiary/aromatic N) is 2. The van der Waals surface area contributed by atoms with Crippen LogP contribution in [-0.2, 0) is 0 Å². The van der Waals surface area contributed by atoms with Crippen molar-refractivity contribution < 1.29 is 0 Å². The Morgan fingerprint density at radius 1 is 1.40 bits per heavy atom. The molecule has 2 heterocycles. The molecule has 0 amide bonds. The van der Waals surface area contributed by atoms with E-state index in [0.29, 0.717) is 0 Å². The van der Waals surface area contributed by atoms with Gasteiger partial charge in [-0.25, -0.2) is 4.98 Å². The Morgan fingerprint density at radius 2 is 2.13 bits per heavy atom. The van der Waals surface area contributed by atoms with Gasteiger partial charge < -0.3 is 4.90 Å². The quantitative estimate of drug-likeness (QED) is 0.826. The Bertz CT molecular complexity index is 513. The van der Waals surface area contributed by atoms with Crippen LogP contribution in [-0.4, -0.2) is 18.1 Å². The molecule has 0 aliphatic carbocycles. The topological polar surface area (TPSA) is 33.2 Å². The highest BCUT2D eigenvalue weighted by Crippen LogP contribution is 2.22. The summed E-state index contributed by atoms with van der Waals surface area (Å²) in [6.45, 7) is 5.91. The van der Waals surface area contributed by atoms with Gasteiger partial charge in [-0.3, -0.25) is 4.79 Å². The smallest absolute Gasteiger partial charge is 0.245 e. The molecule has 80 valence electrons. The van der Waals surface area contributed by atoms with E-state index in [1.165, 1.54) is 22.7 Å². The van der Waals surface area contributed by atoms with Gasteiger partial charge in [-0.05, 0) is 25.3 Å². The van der Waals surface area contributed by atoms with Crippen LogP contribution in [0.1, 0.15) is 13.8 Å². The van der Waals surface area contributed by atoms with Crippen LogP contribution < -0.4 is 9.64 Å². The molecule has 0 unspecified atom stereocenters. The fourth-order valence-electron chi connectivity index (χ4n) is 1.42. The number of fused-ring (bicyclic) bond motifs is 1. The minimum absolute atomic E-state index is 0.114. The first-order valence-electron chi connectivity index (χ1n) is 4.89. The molecule has 0 aliphatic rings. The third-order valence-corrected chi connectivity index (χ3v) is 4.02. The first-order valence-corrected chi connectivity index (χ1v) is 6.59. The van der Waals surface area contributed by atoms with Gasteiger partial charge in [-0.1, -0.05) is 11.3 Å². The number of aromatic nitrogens is 1. The van der Waals surface area contributed by atoms with Crippen molar-refractivity contribution in [1.29, 1.82) is 0 Å². The molecule has 0 fully saturated rings. The number of anilines is 1. The summed E-state index contributed by atoms with van der Waals surface area (Å²) in [7, 11) is 0. The van der Waals surface area contributed by atoms with Gasteiger partial charge in [-0.2, -0.15) is 0 Å². The lowest BCUT2D eigenvalue weighted by atomic mass is 10.4. The van der Waals surface area contributed by atoms with E-state index in [9.17, 15) is 4.79 Å². The first-order chi connectivity index (χ1) is 7.26. The monoisotopic (exact) mass is 240 g/mol. The van der Waals surface area contributed by atoms with Crippen LogP contribution in [0.15, 0.2) is 16.2 Å². The molecule has 2 aromatic heterocycles. The van der Waals surface area contributed by atoms with Crippen molar-refractivity contribution in [2.75, 3.05) is 18.0 Å². The zero-order chi connectivity index (χ0) is 10.8. The highest BCUT2D eigenvalue weighted by Gasteiger charge is 2.09. The molecule has 0 aliphatic heterocycles. The molecule has 0 spiro atoms. The van der Waals surface area contributed by atoms with E-state index in [1.807, 2.05) is 11.4 Å². The van der Waals surface area contributed by atoms with E-state index in [-0.39, 0.29) is 4.74 Å². The van der Waals surface area contributed by atoms with E-state index < -0.39 is 0 Å². The summed E-state index contributed by atoms with van der Waals surface area (Å²) >= 11 is 2.76. The van der Waals surface area contributed by atoms with Crippen LogP contribution in [0, 0.1) is 0 Å². The lowest BCUT2D eigenvalue weighted by molar-refractivity contribution is 0.861. The van der Waals surface area contributed by atoms with Gasteiger partial charge in [0, 0.05) is 13.1 Å². The number of hydrogen-bond acceptors (Lipinski definition) is 5.